The van der Waals surface area contributed by atoms with Crippen molar-refractivity contribution < 1.29 is 4.74 Å². The Hall–Kier alpha value is -1.21. The van der Waals surface area contributed by atoms with Crippen molar-refractivity contribution in [1.29, 1.82) is 5.26 Å². The molecule has 2 heterocycles. The molecule has 1 saturated carbocycles. The molecule has 0 radical (unpaired) electrons. The monoisotopic (exact) mass is 203 g/mol. The SMILES string of the molecule is N#CC1=NC2C(C=N1)COC21CCCC1. The van der Waals surface area contributed by atoms with Crippen LogP contribution in [0.5, 0.6) is 0 Å². The van der Waals surface area contributed by atoms with Crippen molar-refractivity contribution in [3.63, 3.8) is 0 Å². The Kier molecular flexibility index (Phi) is 1.89. The van der Waals surface area contributed by atoms with E-state index in [4.69, 9.17) is 10.00 Å². The summed E-state index contributed by atoms with van der Waals surface area (Å²) in [6, 6.07) is 2.16. The molecular formula is C11H13N3O. The zero-order valence-corrected chi connectivity index (χ0v) is 8.52. The summed E-state index contributed by atoms with van der Waals surface area (Å²) in [6.45, 7) is 0.719. The second-order valence-electron chi connectivity index (χ2n) is 4.53. The number of rotatable bonds is 0. The van der Waals surface area contributed by atoms with E-state index in [1.54, 1.807) is 0 Å². The van der Waals surface area contributed by atoms with Gasteiger partial charge in [-0.15, -0.1) is 0 Å². The summed E-state index contributed by atoms with van der Waals surface area (Å²) >= 11 is 0. The molecule has 2 atom stereocenters. The van der Waals surface area contributed by atoms with E-state index in [2.05, 4.69) is 9.98 Å². The van der Waals surface area contributed by atoms with Crippen molar-refractivity contribution in [1.82, 2.24) is 0 Å². The van der Waals surface area contributed by atoms with Gasteiger partial charge in [-0.25, -0.2) is 4.99 Å². The van der Waals surface area contributed by atoms with E-state index >= 15 is 0 Å². The van der Waals surface area contributed by atoms with E-state index in [0.717, 1.165) is 19.4 Å². The smallest absolute Gasteiger partial charge is 0.227 e. The third-order valence-corrected chi connectivity index (χ3v) is 3.71. The fourth-order valence-corrected chi connectivity index (χ4v) is 2.97. The summed E-state index contributed by atoms with van der Waals surface area (Å²) in [7, 11) is 0. The lowest BCUT2D eigenvalue weighted by molar-refractivity contribution is 0.00230. The summed E-state index contributed by atoms with van der Waals surface area (Å²) in [5.74, 6) is 0.605. The number of nitriles is 1. The molecule has 1 spiro atoms. The maximum atomic E-state index is 8.81. The molecule has 0 amide bonds. The van der Waals surface area contributed by atoms with Gasteiger partial charge < -0.3 is 4.74 Å². The molecule has 0 aromatic carbocycles. The number of nitrogens with zero attached hydrogens (tertiary/aromatic N) is 3. The minimum absolute atomic E-state index is 0.0702. The van der Waals surface area contributed by atoms with Crippen LogP contribution in [0.4, 0.5) is 0 Å². The van der Waals surface area contributed by atoms with Crippen molar-refractivity contribution in [3.05, 3.63) is 0 Å². The molecule has 1 aliphatic carbocycles. The van der Waals surface area contributed by atoms with Gasteiger partial charge >= 0.3 is 0 Å². The van der Waals surface area contributed by atoms with E-state index in [-0.39, 0.29) is 11.6 Å². The van der Waals surface area contributed by atoms with Crippen LogP contribution in [-0.2, 0) is 4.74 Å². The molecule has 1 saturated heterocycles. The van der Waals surface area contributed by atoms with Gasteiger partial charge in [0, 0.05) is 12.1 Å². The second kappa shape index (κ2) is 3.14. The number of aliphatic imine (C=N–C) groups is 2. The summed E-state index contributed by atoms with van der Waals surface area (Å²) in [4.78, 5) is 8.46. The van der Waals surface area contributed by atoms with Crippen molar-refractivity contribution in [2.75, 3.05) is 6.61 Å². The number of hydrogen-bond acceptors (Lipinski definition) is 4. The molecule has 3 aliphatic rings. The van der Waals surface area contributed by atoms with E-state index < -0.39 is 0 Å². The minimum Gasteiger partial charge on any atom is -0.372 e. The van der Waals surface area contributed by atoms with Crippen LogP contribution in [0.1, 0.15) is 25.7 Å². The minimum atomic E-state index is -0.0702. The highest BCUT2D eigenvalue weighted by Gasteiger charge is 2.51. The highest BCUT2D eigenvalue weighted by molar-refractivity contribution is 6.03. The third-order valence-electron chi connectivity index (χ3n) is 3.71. The predicted octanol–water partition coefficient (Wildman–Crippen LogP) is 1.32. The fourth-order valence-electron chi connectivity index (χ4n) is 2.97. The highest BCUT2D eigenvalue weighted by Crippen LogP contribution is 2.45. The van der Waals surface area contributed by atoms with Crippen LogP contribution in [0.15, 0.2) is 9.98 Å². The topological polar surface area (TPSA) is 57.7 Å². The molecule has 15 heavy (non-hydrogen) atoms. The van der Waals surface area contributed by atoms with Gasteiger partial charge in [-0.05, 0) is 12.8 Å². The first-order valence-electron chi connectivity index (χ1n) is 5.50. The molecule has 4 heteroatoms. The number of amidine groups is 1. The first-order valence-corrected chi connectivity index (χ1v) is 5.50. The molecule has 2 unspecified atom stereocenters. The first-order chi connectivity index (χ1) is 7.34. The Morgan fingerprint density at radius 3 is 3.00 bits per heavy atom. The van der Waals surface area contributed by atoms with Crippen LogP contribution in [0.3, 0.4) is 0 Å². The largest absolute Gasteiger partial charge is 0.372 e. The van der Waals surface area contributed by atoms with E-state index in [0.29, 0.717) is 11.8 Å². The molecule has 2 aliphatic heterocycles. The standard InChI is InChI=1S/C11H13N3O/c12-5-9-13-6-8-7-15-11(10(8)14-9)3-1-2-4-11/h6,8,10H,1-4,7H2. The van der Waals surface area contributed by atoms with Gasteiger partial charge in [0.1, 0.15) is 6.07 Å². The summed E-state index contributed by atoms with van der Waals surface area (Å²) < 4.78 is 5.93. The lowest BCUT2D eigenvalue weighted by Crippen LogP contribution is -2.39. The van der Waals surface area contributed by atoms with Gasteiger partial charge in [0.15, 0.2) is 0 Å². The zero-order chi connectivity index (χ0) is 10.3. The summed E-state index contributed by atoms with van der Waals surface area (Å²) in [5.41, 5.74) is -0.0702. The van der Waals surface area contributed by atoms with Crippen LogP contribution in [0.25, 0.3) is 0 Å². The van der Waals surface area contributed by atoms with Crippen LogP contribution in [0.2, 0.25) is 0 Å². The van der Waals surface area contributed by atoms with Gasteiger partial charge in [0.25, 0.3) is 0 Å². The van der Waals surface area contributed by atoms with Gasteiger partial charge in [0.2, 0.25) is 5.84 Å². The van der Waals surface area contributed by atoms with E-state index in [1.807, 2.05) is 12.3 Å². The summed E-state index contributed by atoms with van der Waals surface area (Å²) in [6.07, 6.45) is 6.47. The fraction of sp³-hybridized carbons (Fsp3) is 0.727. The highest BCUT2D eigenvalue weighted by atomic mass is 16.5. The Morgan fingerprint density at radius 2 is 2.27 bits per heavy atom. The molecule has 0 aromatic rings. The Morgan fingerprint density at radius 1 is 1.47 bits per heavy atom. The van der Waals surface area contributed by atoms with E-state index in [9.17, 15) is 0 Å². The Balaban J connectivity index is 1.94. The van der Waals surface area contributed by atoms with Crippen LogP contribution >= 0.6 is 0 Å². The maximum absolute atomic E-state index is 8.81. The van der Waals surface area contributed by atoms with Crippen molar-refractivity contribution in [2.45, 2.75) is 37.3 Å². The van der Waals surface area contributed by atoms with Crippen molar-refractivity contribution >= 4 is 12.1 Å². The second-order valence-corrected chi connectivity index (χ2v) is 4.53. The number of hydrogen-bond donors (Lipinski definition) is 0. The van der Waals surface area contributed by atoms with Gasteiger partial charge in [-0.2, -0.15) is 5.26 Å². The normalized spacial score (nSPS) is 36.3. The zero-order valence-electron chi connectivity index (χ0n) is 8.52. The quantitative estimate of drug-likeness (QED) is 0.596. The molecular weight excluding hydrogens is 190 g/mol. The molecule has 4 nitrogen and oxygen atoms in total. The first kappa shape index (κ1) is 9.05. The number of ether oxygens (including phenoxy) is 1. The predicted molar refractivity (Wildman–Crippen MR) is 56.0 cm³/mol. The maximum Gasteiger partial charge on any atom is 0.227 e. The third kappa shape index (κ3) is 1.23. The van der Waals surface area contributed by atoms with Gasteiger partial charge in [0.05, 0.1) is 18.2 Å². The average Bonchev–Trinajstić information content (AvgIpc) is 2.89. The molecule has 0 aromatic heterocycles. The average molecular weight is 203 g/mol. The molecule has 2 fully saturated rings. The molecule has 78 valence electrons. The Labute approximate surface area is 88.7 Å². The van der Waals surface area contributed by atoms with Crippen LogP contribution in [0, 0.1) is 17.2 Å². The molecule has 0 bridgehead atoms. The van der Waals surface area contributed by atoms with Crippen molar-refractivity contribution in [2.24, 2.45) is 15.9 Å². The molecule has 0 N–H and O–H groups in total. The van der Waals surface area contributed by atoms with Gasteiger partial charge in [-0.3, -0.25) is 4.99 Å². The van der Waals surface area contributed by atoms with Crippen molar-refractivity contribution in [3.8, 4) is 6.07 Å². The lowest BCUT2D eigenvalue weighted by Gasteiger charge is -2.29. The van der Waals surface area contributed by atoms with Crippen LogP contribution < -0.4 is 0 Å². The van der Waals surface area contributed by atoms with Gasteiger partial charge in [-0.1, -0.05) is 12.8 Å². The molecule has 3 rings (SSSR count). The number of fused-ring (bicyclic) bond motifs is 2. The summed E-state index contributed by atoms with van der Waals surface area (Å²) in [5, 5.41) is 8.81. The lowest BCUT2D eigenvalue weighted by atomic mass is 9.87. The van der Waals surface area contributed by atoms with E-state index in [1.165, 1.54) is 12.8 Å². The van der Waals surface area contributed by atoms with Crippen LogP contribution in [-0.4, -0.2) is 30.3 Å². The Bertz CT molecular complexity index is 374.